The van der Waals surface area contributed by atoms with Gasteiger partial charge in [-0.05, 0) is 192 Å². The molecule has 2 aliphatic rings. The maximum atomic E-state index is 5.35. The van der Waals surface area contributed by atoms with Crippen molar-refractivity contribution in [3.63, 3.8) is 0 Å². The molecule has 0 aliphatic heterocycles. The number of anilines is 1. The molecule has 0 N–H and O–H groups in total. The number of nitrogens with zero attached hydrogens (tertiary/aromatic N) is 1. The summed E-state index contributed by atoms with van der Waals surface area (Å²) in [6.07, 6.45) is 24.6. The van der Waals surface area contributed by atoms with Crippen LogP contribution in [0.4, 0.5) is 5.69 Å². The van der Waals surface area contributed by atoms with Gasteiger partial charge in [-0.25, -0.2) is 0 Å². The van der Waals surface area contributed by atoms with Gasteiger partial charge in [-0.1, -0.05) is 184 Å². The molecule has 2 aliphatic carbocycles. The Morgan fingerprint density at radius 3 is 1.66 bits per heavy atom. The van der Waals surface area contributed by atoms with Crippen molar-refractivity contribution in [2.75, 3.05) is 19.1 Å². The summed E-state index contributed by atoms with van der Waals surface area (Å²) in [6.45, 7) is 9.34. The Labute approximate surface area is 437 Å². The summed E-state index contributed by atoms with van der Waals surface area (Å²) in [5.41, 5.74) is 22.8. The second kappa shape index (κ2) is 24.4. The minimum absolute atomic E-state index is 0.346. The molecule has 7 aromatic rings. The summed E-state index contributed by atoms with van der Waals surface area (Å²) in [5, 5.41) is 0. The topological polar surface area (TPSA) is 21.7 Å². The SMILES string of the molecule is CCC1=C(N(C2=CC=C(c3ccc(-c4ccc(CCCC(c5ccc(/C=C/c6ccc(OC)cc6)cc5)c5c(C)cccc5CC)cc4)cc3)CC2)c2ccc(/C=C/c3ccc(OC)cc3)cc2)C(C)CCC1. The third-order valence-corrected chi connectivity index (χ3v) is 15.3. The molecule has 3 heteroatoms. The van der Waals surface area contributed by atoms with E-state index >= 15 is 0 Å². The van der Waals surface area contributed by atoms with Gasteiger partial charge in [0.05, 0.1) is 14.2 Å². The minimum Gasteiger partial charge on any atom is -0.497 e. The van der Waals surface area contributed by atoms with Gasteiger partial charge in [0.15, 0.2) is 0 Å². The first-order valence-electron chi connectivity index (χ1n) is 26.8. The van der Waals surface area contributed by atoms with Gasteiger partial charge in [-0.3, -0.25) is 0 Å². The van der Waals surface area contributed by atoms with Gasteiger partial charge in [-0.15, -0.1) is 0 Å². The molecular weight excluding hydrogens is 887 g/mol. The van der Waals surface area contributed by atoms with Crippen LogP contribution in [0.5, 0.6) is 11.5 Å². The molecule has 2 atom stereocenters. The summed E-state index contributed by atoms with van der Waals surface area (Å²) in [7, 11) is 3.41. The van der Waals surface area contributed by atoms with E-state index in [4.69, 9.17) is 9.47 Å². The Morgan fingerprint density at radius 1 is 0.575 bits per heavy atom. The smallest absolute Gasteiger partial charge is 0.118 e. The fourth-order valence-electron chi connectivity index (χ4n) is 11.1. The zero-order valence-corrected chi connectivity index (χ0v) is 44.0. The predicted molar refractivity (Wildman–Crippen MR) is 312 cm³/mol. The van der Waals surface area contributed by atoms with Crippen LogP contribution in [0.3, 0.4) is 0 Å². The molecule has 0 spiro atoms. The van der Waals surface area contributed by atoms with E-state index in [-0.39, 0.29) is 0 Å². The Morgan fingerprint density at radius 2 is 1.12 bits per heavy atom. The van der Waals surface area contributed by atoms with Gasteiger partial charge in [0, 0.05) is 23.0 Å². The molecule has 0 heterocycles. The highest BCUT2D eigenvalue weighted by atomic mass is 16.5. The summed E-state index contributed by atoms with van der Waals surface area (Å²) in [4.78, 5) is 2.62. The Balaban J connectivity index is 0.862. The van der Waals surface area contributed by atoms with Crippen molar-refractivity contribution in [3.8, 4) is 22.6 Å². The lowest BCUT2D eigenvalue weighted by Crippen LogP contribution is -2.30. The second-order valence-corrected chi connectivity index (χ2v) is 20.0. The Kier molecular flexibility index (Phi) is 16.9. The van der Waals surface area contributed by atoms with Crippen molar-refractivity contribution >= 4 is 35.6 Å². The Bertz CT molecular complexity index is 3070. The highest BCUT2D eigenvalue weighted by Gasteiger charge is 2.28. The van der Waals surface area contributed by atoms with Gasteiger partial charge in [0.25, 0.3) is 0 Å². The molecule has 73 heavy (non-hydrogen) atoms. The van der Waals surface area contributed by atoms with Gasteiger partial charge >= 0.3 is 0 Å². The van der Waals surface area contributed by atoms with Crippen LogP contribution in [0.15, 0.2) is 193 Å². The van der Waals surface area contributed by atoms with E-state index < -0.39 is 0 Å². The number of allylic oxidation sites excluding steroid dienone is 6. The molecule has 3 nitrogen and oxygen atoms in total. The average Bonchev–Trinajstić information content (AvgIpc) is 3.45. The normalized spacial score (nSPS) is 15.3. The molecule has 0 radical (unpaired) electrons. The Hall–Kier alpha value is -7.36. The summed E-state index contributed by atoms with van der Waals surface area (Å²) in [5.74, 6) is 2.61. The van der Waals surface area contributed by atoms with Crippen molar-refractivity contribution in [1.29, 1.82) is 0 Å². The number of hydrogen-bond donors (Lipinski definition) is 0. The average molecular weight is 960 g/mol. The lowest BCUT2D eigenvalue weighted by molar-refractivity contribution is 0.414. The fourth-order valence-corrected chi connectivity index (χ4v) is 11.1. The van der Waals surface area contributed by atoms with E-state index in [1.165, 1.54) is 97.6 Å². The van der Waals surface area contributed by atoms with E-state index in [2.05, 4.69) is 209 Å². The number of aryl methyl sites for hydroxylation is 3. The highest BCUT2D eigenvalue weighted by Crippen LogP contribution is 2.42. The van der Waals surface area contributed by atoms with Crippen molar-refractivity contribution in [3.05, 3.63) is 249 Å². The van der Waals surface area contributed by atoms with Crippen LogP contribution in [0.25, 0.3) is 41.0 Å². The van der Waals surface area contributed by atoms with Crippen molar-refractivity contribution in [1.82, 2.24) is 0 Å². The maximum absolute atomic E-state index is 5.35. The standard InChI is InChI=1S/C70H73NO2/c1-7-57-15-9-12-50(3)69(57)68(63-34-24-53(25-35-63)18-20-55-28-46-66(72-5)47-29-55)17-11-14-52-22-32-59(33-23-52)60-36-38-61(39-37-60)62-40-44-65(45-41-62)71(70-51(4)13-10-16-58(70)8-2)64-42-26-54(27-43-64)19-21-56-30-48-67(73-6)49-31-56/h9,12,15,18-40,42-44,46-49,51,68H,7-8,10-11,13-14,16-17,41,45H2,1-6H3/b20-18+,21-19+. The summed E-state index contributed by atoms with van der Waals surface area (Å²) in [6, 6.07) is 60.2. The van der Waals surface area contributed by atoms with Crippen LogP contribution in [0.2, 0.25) is 0 Å². The van der Waals surface area contributed by atoms with Crippen LogP contribution in [-0.2, 0) is 12.8 Å². The van der Waals surface area contributed by atoms with Crippen LogP contribution in [0, 0.1) is 12.8 Å². The van der Waals surface area contributed by atoms with Crippen LogP contribution >= 0.6 is 0 Å². The fraction of sp³-hybridized carbons (Fsp3) is 0.257. The third kappa shape index (κ3) is 12.5. The molecular formula is C70H73NO2. The number of rotatable bonds is 19. The van der Waals surface area contributed by atoms with Crippen molar-refractivity contribution in [2.24, 2.45) is 5.92 Å². The first kappa shape index (κ1) is 50.6. The molecule has 2 unspecified atom stereocenters. The zero-order chi connectivity index (χ0) is 50.5. The molecule has 0 amide bonds. The minimum atomic E-state index is 0.346. The first-order chi connectivity index (χ1) is 35.8. The molecule has 0 aromatic heterocycles. The summed E-state index contributed by atoms with van der Waals surface area (Å²) >= 11 is 0. The van der Waals surface area contributed by atoms with Gasteiger partial charge in [-0.2, -0.15) is 0 Å². The van der Waals surface area contributed by atoms with Crippen LogP contribution in [0.1, 0.15) is 134 Å². The van der Waals surface area contributed by atoms with E-state index in [0.717, 1.165) is 67.6 Å². The summed E-state index contributed by atoms with van der Waals surface area (Å²) < 4.78 is 10.7. The van der Waals surface area contributed by atoms with Gasteiger partial charge in [0.1, 0.15) is 11.5 Å². The van der Waals surface area contributed by atoms with E-state index in [1.807, 2.05) is 24.3 Å². The van der Waals surface area contributed by atoms with E-state index in [1.54, 1.807) is 19.8 Å². The maximum Gasteiger partial charge on any atom is 0.118 e. The van der Waals surface area contributed by atoms with E-state index in [0.29, 0.717) is 11.8 Å². The molecule has 7 aromatic carbocycles. The molecule has 0 saturated carbocycles. The number of methoxy groups -OCH3 is 2. The molecule has 9 rings (SSSR count). The first-order valence-corrected chi connectivity index (χ1v) is 26.8. The predicted octanol–water partition coefficient (Wildman–Crippen LogP) is 18.8. The van der Waals surface area contributed by atoms with Crippen LogP contribution in [-0.4, -0.2) is 14.2 Å². The van der Waals surface area contributed by atoms with E-state index in [9.17, 15) is 0 Å². The molecule has 0 fully saturated rings. The zero-order valence-electron chi connectivity index (χ0n) is 44.0. The quantitative estimate of drug-likeness (QED) is 0.0754. The van der Waals surface area contributed by atoms with Crippen LogP contribution < -0.4 is 14.4 Å². The number of benzene rings is 7. The third-order valence-electron chi connectivity index (χ3n) is 15.3. The number of hydrogen-bond acceptors (Lipinski definition) is 3. The lowest BCUT2D eigenvalue weighted by atomic mass is 9.81. The van der Waals surface area contributed by atoms with Crippen molar-refractivity contribution in [2.45, 2.75) is 97.8 Å². The van der Waals surface area contributed by atoms with Gasteiger partial charge < -0.3 is 14.4 Å². The largest absolute Gasteiger partial charge is 0.497 e. The van der Waals surface area contributed by atoms with Crippen molar-refractivity contribution < 1.29 is 9.47 Å². The highest BCUT2D eigenvalue weighted by molar-refractivity contribution is 5.75. The molecule has 0 bridgehead atoms. The molecule has 0 saturated heterocycles. The molecule has 370 valence electrons. The van der Waals surface area contributed by atoms with Gasteiger partial charge in [0.2, 0.25) is 0 Å². The monoisotopic (exact) mass is 960 g/mol. The number of ether oxygens (including phenoxy) is 2. The lowest BCUT2D eigenvalue weighted by Gasteiger charge is -2.38. The second-order valence-electron chi connectivity index (χ2n) is 20.0.